The first-order valence-electron chi connectivity index (χ1n) is 6.04. The van der Waals surface area contributed by atoms with E-state index >= 15 is 0 Å². The predicted octanol–water partition coefficient (Wildman–Crippen LogP) is 3.92. The molecule has 0 bridgehead atoms. The SMILES string of the molecule is O=C1CCCc2nc(-c3ccccc3Cl)ccc21. The smallest absolute Gasteiger partial charge is 0.164 e. The summed E-state index contributed by atoms with van der Waals surface area (Å²) in [6, 6.07) is 11.4. The minimum Gasteiger partial charge on any atom is -0.294 e. The van der Waals surface area contributed by atoms with Gasteiger partial charge in [0.2, 0.25) is 0 Å². The van der Waals surface area contributed by atoms with Crippen LogP contribution in [0.5, 0.6) is 0 Å². The van der Waals surface area contributed by atoms with Crippen molar-refractivity contribution >= 4 is 17.4 Å². The third-order valence-electron chi connectivity index (χ3n) is 3.24. The van der Waals surface area contributed by atoms with Gasteiger partial charge >= 0.3 is 0 Å². The van der Waals surface area contributed by atoms with Crippen LogP contribution in [0.15, 0.2) is 36.4 Å². The van der Waals surface area contributed by atoms with Crippen molar-refractivity contribution in [2.45, 2.75) is 19.3 Å². The lowest BCUT2D eigenvalue weighted by molar-refractivity contribution is 0.0971. The molecule has 0 fully saturated rings. The Balaban J connectivity index is 2.10. The van der Waals surface area contributed by atoms with Crippen molar-refractivity contribution in [1.82, 2.24) is 4.98 Å². The van der Waals surface area contributed by atoms with E-state index in [9.17, 15) is 4.79 Å². The number of aromatic nitrogens is 1. The Morgan fingerprint density at radius 2 is 1.83 bits per heavy atom. The lowest BCUT2D eigenvalue weighted by atomic mass is 9.94. The highest BCUT2D eigenvalue weighted by Gasteiger charge is 2.19. The van der Waals surface area contributed by atoms with Crippen molar-refractivity contribution in [3.05, 3.63) is 52.7 Å². The number of pyridine rings is 1. The fourth-order valence-electron chi connectivity index (χ4n) is 2.32. The first kappa shape index (κ1) is 11.4. The minimum atomic E-state index is 0.203. The van der Waals surface area contributed by atoms with Crippen molar-refractivity contribution in [3.8, 4) is 11.3 Å². The van der Waals surface area contributed by atoms with Crippen LogP contribution in [-0.2, 0) is 6.42 Å². The van der Waals surface area contributed by atoms with Crippen LogP contribution >= 0.6 is 11.6 Å². The lowest BCUT2D eigenvalue weighted by Crippen LogP contribution is -2.12. The molecule has 1 aromatic heterocycles. The number of hydrogen-bond donors (Lipinski definition) is 0. The number of hydrogen-bond acceptors (Lipinski definition) is 2. The Morgan fingerprint density at radius 3 is 2.67 bits per heavy atom. The van der Waals surface area contributed by atoms with Gasteiger partial charge in [-0.25, -0.2) is 0 Å². The summed E-state index contributed by atoms with van der Waals surface area (Å²) in [5.74, 6) is 0.203. The number of Topliss-reactive ketones (excluding diaryl/α,β-unsaturated/α-hetero) is 1. The molecular formula is C15H12ClNO. The molecule has 0 unspecified atom stereocenters. The van der Waals surface area contributed by atoms with Crippen LogP contribution in [0, 0.1) is 0 Å². The van der Waals surface area contributed by atoms with Gasteiger partial charge in [0, 0.05) is 22.6 Å². The number of carbonyl (C=O) groups excluding carboxylic acids is 1. The summed E-state index contributed by atoms with van der Waals surface area (Å²) in [6.45, 7) is 0. The molecular weight excluding hydrogens is 246 g/mol. The molecule has 0 saturated carbocycles. The summed E-state index contributed by atoms with van der Waals surface area (Å²) in [5.41, 5.74) is 3.44. The minimum absolute atomic E-state index is 0.203. The van der Waals surface area contributed by atoms with Gasteiger partial charge in [-0.3, -0.25) is 9.78 Å². The standard InChI is InChI=1S/C15H12ClNO/c16-12-5-2-1-4-10(12)14-9-8-11-13(17-14)6-3-7-15(11)18/h1-2,4-5,8-9H,3,6-7H2. The fourth-order valence-corrected chi connectivity index (χ4v) is 2.55. The van der Waals surface area contributed by atoms with Gasteiger partial charge < -0.3 is 0 Å². The zero-order valence-electron chi connectivity index (χ0n) is 9.82. The first-order valence-corrected chi connectivity index (χ1v) is 6.41. The third-order valence-corrected chi connectivity index (χ3v) is 3.57. The van der Waals surface area contributed by atoms with Crippen LogP contribution in [0.2, 0.25) is 5.02 Å². The molecule has 0 aliphatic heterocycles. The summed E-state index contributed by atoms with van der Waals surface area (Å²) in [5, 5.41) is 0.687. The summed E-state index contributed by atoms with van der Waals surface area (Å²) < 4.78 is 0. The zero-order chi connectivity index (χ0) is 12.5. The molecule has 2 nitrogen and oxygen atoms in total. The summed E-state index contributed by atoms with van der Waals surface area (Å²) in [4.78, 5) is 16.3. The van der Waals surface area contributed by atoms with Gasteiger partial charge in [-0.15, -0.1) is 0 Å². The third kappa shape index (κ3) is 1.93. The molecule has 0 N–H and O–H groups in total. The van der Waals surface area contributed by atoms with E-state index < -0.39 is 0 Å². The number of nitrogens with zero attached hydrogens (tertiary/aromatic N) is 1. The molecule has 3 heteroatoms. The number of carbonyl (C=O) groups is 1. The van der Waals surface area contributed by atoms with Gasteiger partial charge in [-0.2, -0.15) is 0 Å². The first-order chi connectivity index (χ1) is 8.75. The summed E-state index contributed by atoms with van der Waals surface area (Å²) in [7, 11) is 0. The Morgan fingerprint density at radius 1 is 1.00 bits per heavy atom. The Bertz CT molecular complexity index is 622. The van der Waals surface area contributed by atoms with Gasteiger partial charge in [-0.1, -0.05) is 29.8 Å². The molecule has 1 heterocycles. The maximum Gasteiger partial charge on any atom is 0.164 e. The van der Waals surface area contributed by atoms with E-state index in [1.807, 2.05) is 36.4 Å². The van der Waals surface area contributed by atoms with E-state index in [1.165, 1.54) is 0 Å². The van der Waals surface area contributed by atoms with Gasteiger partial charge in [-0.05, 0) is 31.0 Å². The van der Waals surface area contributed by atoms with E-state index in [0.717, 1.165) is 35.4 Å². The predicted molar refractivity (Wildman–Crippen MR) is 72.0 cm³/mol. The molecule has 90 valence electrons. The summed E-state index contributed by atoms with van der Waals surface area (Å²) >= 11 is 6.16. The molecule has 2 aromatic rings. The highest BCUT2D eigenvalue weighted by Crippen LogP contribution is 2.28. The van der Waals surface area contributed by atoms with Crippen LogP contribution in [0.25, 0.3) is 11.3 Å². The maximum atomic E-state index is 11.7. The molecule has 0 radical (unpaired) electrons. The van der Waals surface area contributed by atoms with Crippen LogP contribution in [-0.4, -0.2) is 10.8 Å². The normalized spacial score (nSPS) is 14.4. The molecule has 0 saturated heterocycles. The van der Waals surface area contributed by atoms with Crippen LogP contribution in [0.3, 0.4) is 0 Å². The molecule has 1 aliphatic carbocycles. The number of benzene rings is 1. The average Bonchev–Trinajstić information content (AvgIpc) is 2.39. The second-order valence-corrected chi connectivity index (χ2v) is 4.85. The fraction of sp³-hybridized carbons (Fsp3) is 0.200. The van der Waals surface area contributed by atoms with Crippen LogP contribution in [0.1, 0.15) is 28.9 Å². The molecule has 1 aromatic carbocycles. The number of aryl methyl sites for hydroxylation is 1. The van der Waals surface area contributed by atoms with Crippen molar-refractivity contribution in [2.24, 2.45) is 0 Å². The van der Waals surface area contributed by atoms with Crippen molar-refractivity contribution < 1.29 is 4.79 Å². The van der Waals surface area contributed by atoms with Crippen LogP contribution in [0.4, 0.5) is 0 Å². The quantitative estimate of drug-likeness (QED) is 0.775. The Labute approximate surface area is 111 Å². The highest BCUT2D eigenvalue weighted by molar-refractivity contribution is 6.33. The number of ketones is 1. The molecule has 1 aliphatic rings. The molecule has 18 heavy (non-hydrogen) atoms. The zero-order valence-corrected chi connectivity index (χ0v) is 10.6. The van der Waals surface area contributed by atoms with E-state index in [1.54, 1.807) is 0 Å². The molecule has 0 spiro atoms. The van der Waals surface area contributed by atoms with Crippen molar-refractivity contribution in [3.63, 3.8) is 0 Å². The monoisotopic (exact) mass is 257 g/mol. The van der Waals surface area contributed by atoms with Gasteiger partial charge in [0.05, 0.1) is 11.4 Å². The Kier molecular flexibility index (Phi) is 2.88. The second-order valence-electron chi connectivity index (χ2n) is 4.45. The number of rotatable bonds is 1. The van der Waals surface area contributed by atoms with E-state index in [-0.39, 0.29) is 5.78 Å². The van der Waals surface area contributed by atoms with Gasteiger partial charge in [0.1, 0.15) is 0 Å². The molecule has 3 rings (SSSR count). The van der Waals surface area contributed by atoms with Crippen LogP contribution < -0.4 is 0 Å². The van der Waals surface area contributed by atoms with Gasteiger partial charge in [0.15, 0.2) is 5.78 Å². The lowest BCUT2D eigenvalue weighted by Gasteiger charge is -2.14. The van der Waals surface area contributed by atoms with E-state index in [4.69, 9.17) is 11.6 Å². The second kappa shape index (κ2) is 4.54. The topological polar surface area (TPSA) is 30.0 Å². The largest absolute Gasteiger partial charge is 0.294 e. The Hall–Kier alpha value is -1.67. The van der Waals surface area contributed by atoms with E-state index in [0.29, 0.717) is 11.4 Å². The summed E-state index contributed by atoms with van der Waals surface area (Å²) in [6.07, 6.45) is 2.41. The number of fused-ring (bicyclic) bond motifs is 1. The van der Waals surface area contributed by atoms with Gasteiger partial charge in [0.25, 0.3) is 0 Å². The molecule has 0 amide bonds. The van der Waals surface area contributed by atoms with Crippen molar-refractivity contribution in [2.75, 3.05) is 0 Å². The number of halogens is 1. The average molecular weight is 258 g/mol. The van der Waals surface area contributed by atoms with E-state index in [2.05, 4.69) is 4.98 Å². The maximum absolute atomic E-state index is 11.7. The highest BCUT2D eigenvalue weighted by atomic mass is 35.5. The van der Waals surface area contributed by atoms with Crippen molar-refractivity contribution in [1.29, 1.82) is 0 Å². The molecule has 0 atom stereocenters.